The minimum atomic E-state index is -2.74. The molecule has 0 bridgehead atoms. The number of nitrogens with one attached hydrogen (secondary N) is 2. The van der Waals surface area contributed by atoms with Crippen LogP contribution in [0.5, 0.6) is 0 Å². The molecule has 1 saturated heterocycles. The quantitative estimate of drug-likeness (QED) is 0.715. The Morgan fingerprint density at radius 1 is 1.64 bits per heavy atom. The number of carbonyl (C=O) groups excluding carboxylic acids is 1. The average Bonchev–Trinajstić information content (AvgIpc) is 2.41. The van der Waals surface area contributed by atoms with E-state index in [2.05, 4.69) is 10.6 Å². The molecule has 82 valence electrons. The average molecular weight is 206 g/mol. The number of hydrogen-bond acceptors (Lipinski definition) is 2. The Morgan fingerprint density at radius 3 is 2.71 bits per heavy atom. The molecular formula is C9H16F2N2O. The van der Waals surface area contributed by atoms with Crippen molar-refractivity contribution in [1.29, 1.82) is 0 Å². The van der Waals surface area contributed by atoms with Crippen LogP contribution in [0.4, 0.5) is 8.78 Å². The molecule has 5 heteroatoms. The van der Waals surface area contributed by atoms with E-state index in [1.807, 2.05) is 13.8 Å². The predicted molar refractivity (Wildman–Crippen MR) is 49.2 cm³/mol. The van der Waals surface area contributed by atoms with Gasteiger partial charge in [0.1, 0.15) is 0 Å². The summed E-state index contributed by atoms with van der Waals surface area (Å²) in [6, 6.07) is -0.733. The SMILES string of the molecule is CC(C)CNC(=O)C1CC(F)(F)CN1. The van der Waals surface area contributed by atoms with Crippen LogP contribution in [0.15, 0.2) is 0 Å². The molecule has 1 rings (SSSR count). The summed E-state index contributed by atoms with van der Waals surface area (Å²) in [6.45, 7) is 4.04. The van der Waals surface area contributed by atoms with E-state index in [4.69, 9.17) is 0 Å². The van der Waals surface area contributed by atoms with Gasteiger partial charge in [-0.25, -0.2) is 8.78 Å². The van der Waals surface area contributed by atoms with Crippen molar-refractivity contribution in [2.75, 3.05) is 13.1 Å². The number of alkyl halides is 2. The minimum absolute atomic E-state index is 0.323. The molecule has 2 N–H and O–H groups in total. The molecule has 0 aromatic rings. The molecule has 0 aromatic carbocycles. The fourth-order valence-corrected chi connectivity index (χ4v) is 1.33. The van der Waals surface area contributed by atoms with Crippen molar-refractivity contribution in [1.82, 2.24) is 10.6 Å². The van der Waals surface area contributed by atoms with E-state index in [0.717, 1.165) is 0 Å². The third kappa shape index (κ3) is 3.21. The van der Waals surface area contributed by atoms with Gasteiger partial charge in [-0.2, -0.15) is 0 Å². The lowest BCUT2D eigenvalue weighted by Gasteiger charge is -2.12. The van der Waals surface area contributed by atoms with E-state index in [-0.39, 0.29) is 5.91 Å². The maximum absolute atomic E-state index is 12.7. The summed E-state index contributed by atoms with van der Waals surface area (Å²) in [5.41, 5.74) is 0. The summed E-state index contributed by atoms with van der Waals surface area (Å²) in [5.74, 6) is -2.73. The van der Waals surface area contributed by atoms with Crippen LogP contribution in [-0.4, -0.2) is 31.0 Å². The van der Waals surface area contributed by atoms with Gasteiger partial charge in [0, 0.05) is 13.0 Å². The van der Waals surface area contributed by atoms with Gasteiger partial charge in [0.05, 0.1) is 12.6 Å². The van der Waals surface area contributed by atoms with Gasteiger partial charge in [-0.1, -0.05) is 13.8 Å². The van der Waals surface area contributed by atoms with E-state index in [9.17, 15) is 13.6 Å². The Kier molecular flexibility index (Phi) is 3.42. The summed E-state index contributed by atoms with van der Waals surface area (Å²) in [4.78, 5) is 11.3. The number of halogens is 2. The summed E-state index contributed by atoms with van der Waals surface area (Å²) in [5, 5.41) is 5.14. The Balaban J connectivity index is 2.33. The van der Waals surface area contributed by atoms with Gasteiger partial charge in [0.2, 0.25) is 5.91 Å². The van der Waals surface area contributed by atoms with E-state index >= 15 is 0 Å². The van der Waals surface area contributed by atoms with Gasteiger partial charge >= 0.3 is 0 Å². The first-order chi connectivity index (χ1) is 6.41. The third-order valence-electron chi connectivity index (χ3n) is 2.11. The van der Waals surface area contributed by atoms with Crippen LogP contribution in [-0.2, 0) is 4.79 Å². The normalized spacial score (nSPS) is 25.4. The molecule has 1 fully saturated rings. The molecule has 14 heavy (non-hydrogen) atoms. The second kappa shape index (κ2) is 4.21. The fraction of sp³-hybridized carbons (Fsp3) is 0.889. The molecule has 0 aliphatic carbocycles. The molecule has 1 unspecified atom stereocenters. The summed E-state index contributed by atoms with van der Waals surface area (Å²) >= 11 is 0. The third-order valence-corrected chi connectivity index (χ3v) is 2.11. The zero-order chi connectivity index (χ0) is 10.8. The Labute approximate surface area is 82.2 Å². The summed E-state index contributed by atoms with van der Waals surface area (Å²) in [7, 11) is 0. The number of carbonyl (C=O) groups is 1. The van der Waals surface area contributed by atoms with Crippen LogP contribution in [0.3, 0.4) is 0 Å². The molecule has 0 radical (unpaired) electrons. The highest BCUT2D eigenvalue weighted by Crippen LogP contribution is 2.24. The molecule has 0 aromatic heterocycles. The largest absolute Gasteiger partial charge is 0.354 e. The Bertz CT molecular complexity index is 219. The van der Waals surface area contributed by atoms with Crippen LogP contribution < -0.4 is 10.6 Å². The van der Waals surface area contributed by atoms with Gasteiger partial charge in [-0.05, 0) is 5.92 Å². The molecule has 1 aliphatic rings. The highest BCUT2D eigenvalue weighted by atomic mass is 19.3. The van der Waals surface area contributed by atoms with E-state index < -0.39 is 24.9 Å². The second-order valence-corrected chi connectivity index (χ2v) is 4.13. The fourth-order valence-electron chi connectivity index (χ4n) is 1.33. The topological polar surface area (TPSA) is 41.1 Å². The maximum atomic E-state index is 12.7. The van der Waals surface area contributed by atoms with Gasteiger partial charge in [0.15, 0.2) is 0 Å². The van der Waals surface area contributed by atoms with Crippen molar-refractivity contribution < 1.29 is 13.6 Å². The first kappa shape index (κ1) is 11.4. The first-order valence-electron chi connectivity index (χ1n) is 4.79. The highest BCUT2D eigenvalue weighted by molar-refractivity contribution is 5.82. The standard InChI is InChI=1S/C9H16F2N2O/c1-6(2)4-12-8(14)7-3-9(10,11)5-13-7/h6-7,13H,3-5H2,1-2H3,(H,12,14). The molecular weight excluding hydrogens is 190 g/mol. The van der Waals surface area contributed by atoms with Crippen molar-refractivity contribution in [2.45, 2.75) is 32.2 Å². The number of rotatable bonds is 3. The van der Waals surface area contributed by atoms with Crippen LogP contribution in [0.25, 0.3) is 0 Å². The molecule has 1 atom stereocenters. The summed E-state index contributed by atoms with van der Waals surface area (Å²) in [6.07, 6.45) is -0.392. The first-order valence-corrected chi connectivity index (χ1v) is 4.79. The number of amides is 1. The zero-order valence-electron chi connectivity index (χ0n) is 8.44. The van der Waals surface area contributed by atoms with Crippen molar-refractivity contribution in [3.63, 3.8) is 0 Å². The van der Waals surface area contributed by atoms with Gasteiger partial charge in [-0.3, -0.25) is 10.1 Å². The lowest BCUT2D eigenvalue weighted by Crippen LogP contribution is -2.41. The van der Waals surface area contributed by atoms with Gasteiger partial charge in [0.25, 0.3) is 5.92 Å². The van der Waals surface area contributed by atoms with Crippen molar-refractivity contribution in [3.05, 3.63) is 0 Å². The van der Waals surface area contributed by atoms with Crippen LogP contribution in [0, 0.1) is 5.92 Å². The van der Waals surface area contributed by atoms with Crippen LogP contribution in [0.2, 0.25) is 0 Å². The molecule has 0 spiro atoms. The maximum Gasteiger partial charge on any atom is 0.262 e. The van der Waals surface area contributed by atoms with Crippen LogP contribution >= 0.6 is 0 Å². The molecule has 0 saturated carbocycles. The second-order valence-electron chi connectivity index (χ2n) is 4.13. The zero-order valence-corrected chi connectivity index (χ0v) is 8.44. The minimum Gasteiger partial charge on any atom is -0.354 e. The Hall–Kier alpha value is -0.710. The lowest BCUT2D eigenvalue weighted by atomic mass is 10.1. The number of hydrogen-bond donors (Lipinski definition) is 2. The van der Waals surface area contributed by atoms with Gasteiger partial charge in [-0.15, -0.1) is 0 Å². The molecule has 3 nitrogen and oxygen atoms in total. The monoisotopic (exact) mass is 206 g/mol. The van der Waals surface area contributed by atoms with Crippen LogP contribution in [0.1, 0.15) is 20.3 Å². The lowest BCUT2D eigenvalue weighted by molar-refractivity contribution is -0.123. The van der Waals surface area contributed by atoms with Crippen molar-refractivity contribution in [3.8, 4) is 0 Å². The predicted octanol–water partition coefficient (Wildman–Crippen LogP) is 0.756. The van der Waals surface area contributed by atoms with E-state index in [0.29, 0.717) is 12.5 Å². The Morgan fingerprint density at radius 2 is 2.29 bits per heavy atom. The van der Waals surface area contributed by atoms with Crippen molar-refractivity contribution in [2.24, 2.45) is 5.92 Å². The highest BCUT2D eigenvalue weighted by Gasteiger charge is 2.42. The molecule has 1 heterocycles. The van der Waals surface area contributed by atoms with E-state index in [1.54, 1.807) is 0 Å². The van der Waals surface area contributed by atoms with Crippen molar-refractivity contribution >= 4 is 5.91 Å². The van der Waals surface area contributed by atoms with E-state index in [1.165, 1.54) is 0 Å². The smallest absolute Gasteiger partial charge is 0.262 e. The molecule has 1 aliphatic heterocycles. The molecule has 1 amide bonds. The van der Waals surface area contributed by atoms with Gasteiger partial charge < -0.3 is 5.32 Å². The summed E-state index contributed by atoms with van der Waals surface area (Å²) < 4.78 is 25.4.